The highest BCUT2D eigenvalue weighted by Crippen LogP contribution is 2.29. The van der Waals surface area contributed by atoms with Crippen LogP contribution in [0.1, 0.15) is 41.6 Å². The number of ether oxygens (including phenoxy) is 1. The van der Waals surface area contributed by atoms with E-state index in [-0.39, 0.29) is 24.1 Å². The molecule has 2 atom stereocenters. The van der Waals surface area contributed by atoms with Crippen LogP contribution in [0.5, 0.6) is 5.75 Å². The molecule has 4 rings (SSSR count). The lowest BCUT2D eigenvalue weighted by molar-refractivity contribution is -0.137. The Balaban J connectivity index is 1.21. The summed E-state index contributed by atoms with van der Waals surface area (Å²) >= 11 is 0. The zero-order valence-electron chi connectivity index (χ0n) is 20.9. The maximum atomic E-state index is 12.9. The van der Waals surface area contributed by atoms with Crippen molar-refractivity contribution in [2.24, 2.45) is 0 Å². The zero-order chi connectivity index (χ0) is 26.4. The summed E-state index contributed by atoms with van der Waals surface area (Å²) in [6.07, 6.45) is -0.481. The van der Waals surface area contributed by atoms with Crippen LogP contribution in [0, 0.1) is 0 Å². The third kappa shape index (κ3) is 7.15. The molecule has 0 aliphatic carbocycles. The molecule has 2 amide bonds. The van der Waals surface area contributed by atoms with Gasteiger partial charge in [0.25, 0.3) is 5.91 Å². The fourth-order valence-corrected chi connectivity index (χ4v) is 5.11. The first-order valence-electron chi connectivity index (χ1n) is 12.6. The molecule has 200 valence electrons. The number of hydrogen-bond acceptors (Lipinski definition) is 5. The molecule has 2 heterocycles. The Kier molecular flexibility index (Phi) is 8.58. The van der Waals surface area contributed by atoms with Crippen molar-refractivity contribution in [3.05, 3.63) is 59.7 Å². The smallest absolute Gasteiger partial charge is 0.416 e. The van der Waals surface area contributed by atoms with E-state index in [0.29, 0.717) is 6.04 Å². The first-order valence-corrected chi connectivity index (χ1v) is 12.6. The van der Waals surface area contributed by atoms with Gasteiger partial charge in [-0.15, -0.1) is 0 Å². The number of anilines is 1. The number of carbonyl (C=O) groups excluding carboxylic acids is 2. The lowest BCUT2D eigenvalue weighted by Gasteiger charge is -2.27. The van der Waals surface area contributed by atoms with Gasteiger partial charge in [-0.3, -0.25) is 14.5 Å². The van der Waals surface area contributed by atoms with E-state index in [1.54, 1.807) is 7.11 Å². The Morgan fingerprint density at radius 1 is 1.03 bits per heavy atom. The summed E-state index contributed by atoms with van der Waals surface area (Å²) < 4.78 is 43.9. The molecule has 2 N–H and O–H groups in total. The van der Waals surface area contributed by atoms with E-state index in [1.165, 1.54) is 17.8 Å². The first kappa shape index (κ1) is 26.8. The second-order valence-electron chi connectivity index (χ2n) is 9.58. The van der Waals surface area contributed by atoms with Crippen LogP contribution in [0.4, 0.5) is 18.9 Å². The molecule has 0 spiro atoms. The molecule has 2 aromatic carbocycles. The van der Waals surface area contributed by atoms with Crippen molar-refractivity contribution in [2.45, 2.75) is 43.9 Å². The van der Waals surface area contributed by atoms with Gasteiger partial charge in [0, 0.05) is 49.5 Å². The molecule has 0 bridgehead atoms. The number of halogens is 3. The molecular weight excluding hydrogens is 485 g/mol. The second kappa shape index (κ2) is 11.9. The van der Waals surface area contributed by atoms with E-state index in [2.05, 4.69) is 32.6 Å². The average Bonchev–Trinajstić information content (AvgIpc) is 3.21. The van der Waals surface area contributed by atoms with Crippen molar-refractivity contribution in [3.63, 3.8) is 0 Å². The lowest BCUT2D eigenvalue weighted by Crippen LogP contribution is -2.44. The van der Waals surface area contributed by atoms with E-state index in [9.17, 15) is 22.8 Å². The van der Waals surface area contributed by atoms with E-state index >= 15 is 0 Å². The fraction of sp³-hybridized carbons (Fsp3) is 0.481. The molecule has 10 heteroatoms. The normalized spacial score (nSPS) is 20.8. The van der Waals surface area contributed by atoms with E-state index < -0.39 is 17.6 Å². The summed E-state index contributed by atoms with van der Waals surface area (Å²) in [5.41, 5.74) is 0.160. The molecule has 2 aliphatic heterocycles. The molecule has 2 saturated heterocycles. The fourth-order valence-electron chi connectivity index (χ4n) is 5.11. The number of amides is 2. The Morgan fingerprint density at radius 3 is 2.54 bits per heavy atom. The molecule has 2 aliphatic rings. The molecule has 0 saturated carbocycles. The minimum absolute atomic E-state index is 0.0149. The quantitative estimate of drug-likeness (QED) is 0.585. The maximum Gasteiger partial charge on any atom is 0.416 e. The Bertz CT molecular complexity index is 1080. The topological polar surface area (TPSA) is 73.9 Å². The number of methoxy groups -OCH3 is 1. The highest BCUT2D eigenvalue weighted by atomic mass is 19.4. The minimum Gasteiger partial charge on any atom is -0.497 e. The van der Waals surface area contributed by atoms with Crippen LogP contribution in [-0.2, 0) is 11.0 Å². The van der Waals surface area contributed by atoms with Gasteiger partial charge in [0.2, 0.25) is 5.91 Å². The van der Waals surface area contributed by atoms with Crippen molar-refractivity contribution in [1.29, 1.82) is 0 Å². The van der Waals surface area contributed by atoms with Crippen molar-refractivity contribution in [1.82, 2.24) is 15.5 Å². The molecule has 0 aromatic heterocycles. The number of alkyl halides is 3. The van der Waals surface area contributed by atoms with Gasteiger partial charge in [-0.05, 0) is 68.1 Å². The minimum atomic E-state index is -4.53. The first-order chi connectivity index (χ1) is 17.7. The maximum absolute atomic E-state index is 12.9. The highest BCUT2D eigenvalue weighted by molar-refractivity contribution is 5.96. The summed E-state index contributed by atoms with van der Waals surface area (Å²) in [5.74, 6) is -0.218. The number of nitrogens with zero attached hydrogens (tertiary/aromatic N) is 2. The van der Waals surface area contributed by atoms with Crippen molar-refractivity contribution < 1.29 is 27.5 Å². The Morgan fingerprint density at radius 2 is 1.81 bits per heavy atom. The third-order valence-electron chi connectivity index (χ3n) is 7.10. The van der Waals surface area contributed by atoms with Gasteiger partial charge in [0.15, 0.2) is 0 Å². The summed E-state index contributed by atoms with van der Waals surface area (Å²) in [4.78, 5) is 29.5. The van der Waals surface area contributed by atoms with Gasteiger partial charge in [-0.1, -0.05) is 6.07 Å². The second-order valence-corrected chi connectivity index (χ2v) is 9.58. The highest BCUT2D eigenvalue weighted by Gasteiger charge is 2.32. The van der Waals surface area contributed by atoms with Gasteiger partial charge in [0.05, 0.1) is 19.2 Å². The van der Waals surface area contributed by atoms with Crippen molar-refractivity contribution in [2.75, 3.05) is 44.7 Å². The predicted octanol–water partition coefficient (Wildman–Crippen LogP) is 3.69. The SMILES string of the molecule is COc1ccc(N2CCCC(N3CC[C@@H](NC(=O)CNC(=O)c4cccc(C(F)(F)F)c4)C3)CC2)cc1. The number of rotatable bonds is 7. The van der Waals surface area contributed by atoms with Crippen LogP contribution in [0.2, 0.25) is 0 Å². The molecule has 1 unspecified atom stereocenters. The third-order valence-corrected chi connectivity index (χ3v) is 7.10. The number of hydrogen-bond donors (Lipinski definition) is 2. The lowest BCUT2D eigenvalue weighted by atomic mass is 10.1. The Hall–Kier alpha value is -3.27. The van der Waals surface area contributed by atoms with Gasteiger partial charge < -0.3 is 20.3 Å². The van der Waals surface area contributed by atoms with Gasteiger partial charge in [-0.25, -0.2) is 0 Å². The molecule has 37 heavy (non-hydrogen) atoms. The van der Waals surface area contributed by atoms with Gasteiger partial charge in [-0.2, -0.15) is 13.2 Å². The largest absolute Gasteiger partial charge is 0.497 e. The number of nitrogens with one attached hydrogen (secondary N) is 2. The molecule has 7 nitrogen and oxygen atoms in total. The summed E-state index contributed by atoms with van der Waals surface area (Å²) in [6.45, 7) is 3.33. The Labute approximate surface area is 215 Å². The number of likely N-dealkylation sites (tertiary alicyclic amines) is 1. The van der Waals surface area contributed by atoms with Crippen molar-refractivity contribution >= 4 is 17.5 Å². The molecule has 2 fully saturated rings. The van der Waals surface area contributed by atoms with Crippen LogP contribution >= 0.6 is 0 Å². The summed E-state index contributed by atoms with van der Waals surface area (Å²) in [7, 11) is 1.66. The number of carbonyl (C=O) groups is 2. The van der Waals surface area contributed by atoms with E-state index in [1.807, 2.05) is 12.1 Å². The predicted molar refractivity (Wildman–Crippen MR) is 135 cm³/mol. The average molecular weight is 519 g/mol. The van der Waals surface area contributed by atoms with Crippen LogP contribution in [0.15, 0.2) is 48.5 Å². The number of benzene rings is 2. The van der Waals surface area contributed by atoms with Crippen molar-refractivity contribution in [3.8, 4) is 5.75 Å². The van der Waals surface area contributed by atoms with E-state index in [4.69, 9.17) is 4.74 Å². The monoisotopic (exact) mass is 518 g/mol. The summed E-state index contributed by atoms with van der Waals surface area (Å²) in [6, 6.07) is 12.7. The standard InChI is InChI=1S/C27H33F3N4O3/c1-37-24-9-7-23(8-10-24)33-13-3-6-22(12-15-33)34-14-11-21(18-34)32-25(35)17-31-26(36)19-4-2-5-20(16-19)27(28,29)30/h2,4-5,7-10,16,21-22H,3,6,11-15,17-18H2,1H3,(H,31,36)(H,32,35)/t21-,22?/m1/s1. The summed E-state index contributed by atoms with van der Waals surface area (Å²) in [5, 5.41) is 5.37. The molecule has 2 aromatic rings. The molecule has 0 radical (unpaired) electrons. The van der Waals surface area contributed by atoms with Gasteiger partial charge in [0.1, 0.15) is 5.75 Å². The zero-order valence-corrected chi connectivity index (χ0v) is 20.9. The van der Waals surface area contributed by atoms with Crippen LogP contribution in [0.25, 0.3) is 0 Å². The van der Waals surface area contributed by atoms with Gasteiger partial charge >= 0.3 is 6.18 Å². The molecular formula is C27H33F3N4O3. The van der Waals surface area contributed by atoms with Crippen LogP contribution < -0.4 is 20.3 Å². The van der Waals surface area contributed by atoms with Crippen LogP contribution in [-0.4, -0.2) is 68.6 Å². The van der Waals surface area contributed by atoms with E-state index in [0.717, 1.165) is 69.7 Å². The van der Waals surface area contributed by atoms with Crippen LogP contribution in [0.3, 0.4) is 0 Å².